The lowest BCUT2D eigenvalue weighted by molar-refractivity contribution is 0.0952. The van der Waals surface area contributed by atoms with Gasteiger partial charge in [-0.05, 0) is 50.7 Å². The van der Waals surface area contributed by atoms with E-state index < -0.39 is 0 Å². The van der Waals surface area contributed by atoms with Gasteiger partial charge in [0, 0.05) is 18.9 Å². The number of carbonyl (C=O) groups is 1. The molecule has 0 unspecified atom stereocenters. The van der Waals surface area contributed by atoms with Crippen LogP contribution in [0, 0.1) is 6.92 Å². The van der Waals surface area contributed by atoms with E-state index in [1.165, 1.54) is 29.0 Å². The molecule has 1 amide bonds. The Labute approximate surface area is 135 Å². The minimum Gasteiger partial charge on any atom is -0.351 e. The number of pyridine rings is 1. The SMILES string of the molecule is Cc1ccc2ncc(C(=O)NCCC3=CCCCC3)c(=O)n2c1. The van der Waals surface area contributed by atoms with Gasteiger partial charge in [-0.15, -0.1) is 0 Å². The van der Waals surface area contributed by atoms with E-state index in [1.54, 1.807) is 12.3 Å². The molecular formula is C18H21N3O2. The summed E-state index contributed by atoms with van der Waals surface area (Å²) in [4.78, 5) is 28.9. The summed E-state index contributed by atoms with van der Waals surface area (Å²) in [5, 5.41) is 2.83. The summed E-state index contributed by atoms with van der Waals surface area (Å²) in [5.41, 5.74) is 2.66. The van der Waals surface area contributed by atoms with Gasteiger partial charge in [-0.1, -0.05) is 17.7 Å². The average Bonchev–Trinajstić information content (AvgIpc) is 2.56. The van der Waals surface area contributed by atoms with E-state index in [1.807, 2.05) is 13.0 Å². The molecule has 2 aromatic heterocycles. The van der Waals surface area contributed by atoms with E-state index in [2.05, 4.69) is 16.4 Å². The van der Waals surface area contributed by atoms with Crippen LogP contribution in [0.3, 0.4) is 0 Å². The van der Waals surface area contributed by atoms with Gasteiger partial charge >= 0.3 is 0 Å². The van der Waals surface area contributed by atoms with Crippen molar-refractivity contribution in [3.8, 4) is 0 Å². The number of hydrogen-bond acceptors (Lipinski definition) is 3. The molecule has 0 radical (unpaired) electrons. The minimum absolute atomic E-state index is 0.0886. The van der Waals surface area contributed by atoms with Crippen LogP contribution < -0.4 is 10.9 Å². The van der Waals surface area contributed by atoms with E-state index in [-0.39, 0.29) is 17.0 Å². The van der Waals surface area contributed by atoms with Crippen LogP contribution in [0.4, 0.5) is 0 Å². The molecule has 0 fully saturated rings. The summed E-state index contributed by atoms with van der Waals surface area (Å²) in [5.74, 6) is -0.352. The number of nitrogens with one attached hydrogen (secondary N) is 1. The molecule has 1 aliphatic rings. The van der Waals surface area contributed by atoms with Crippen molar-refractivity contribution in [1.29, 1.82) is 0 Å². The number of fused-ring (bicyclic) bond motifs is 1. The van der Waals surface area contributed by atoms with Crippen LogP contribution in [-0.4, -0.2) is 21.8 Å². The van der Waals surface area contributed by atoms with Crippen molar-refractivity contribution in [1.82, 2.24) is 14.7 Å². The van der Waals surface area contributed by atoms with Crippen molar-refractivity contribution >= 4 is 11.6 Å². The third-order valence-corrected chi connectivity index (χ3v) is 4.21. The van der Waals surface area contributed by atoms with Gasteiger partial charge in [0.05, 0.1) is 0 Å². The van der Waals surface area contributed by atoms with E-state index in [4.69, 9.17) is 0 Å². The van der Waals surface area contributed by atoms with Crippen LogP contribution in [0.5, 0.6) is 0 Å². The molecule has 0 bridgehead atoms. The molecule has 0 saturated heterocycles. The molecule has 0 atom stereocenters. The van der Waals surface area contributed by atoms with Crippen LogP contribution in [0.15, 0.2) is 41.0 Å². The number of amides is 1. The second-order valence-electron chi connectivity index (χ2n) is 6.03. The first-order valence-electron chi connectivity index (χ1n) is 8.09. The molecule has 0 aliphatic heterocycles. The highest BCUT2D eigenvalue weighted by Gasteiger charge is 2.13. The smallest absolute Gasteiger partial charge is 0.270 e. The molecule has 5 heteroatoms. The van der Waals surface area contributed by atoms with Gasteiger partial charge in [0.15, 0.2) is 0 Å². The van der Waals surface area contributed by atoms with Crippen LogP contribution in [0.25, 0.3) is 5.65 Å². The normalized spacial score (nSPS) is 14.6. The fraction of sp³-hybridized carbons (Fsp3) is 0.389. The Hall–Kier alpha value is -2.43. The quantitative estimate of drug-likeness (QED) is 0.883. The standard InChI is InChI=1S/C18H21N3O2/c1-13-7-8-16-20-11-15(18(23)21(16)12-13)17(22)19-10-9-14-5-3-2-4-6-14/h5,7-8,11-12H,2-4,6,9-10H2,1H3,(H,19,22). The third kappa shape index (κ3) is 3.50. The lowest BCUT2D eigenvalue weighted by Gasteiger charge is -2.13. The number of carbonyl (C=O) groups excluding carboxylic acids is 1. The van der Waals surface area contributed by atoms with Crippen molar-refractivity contribution in [3.05, 3.63) is 57.7 Å². The number of aryl methyl sites for hydroxylation is 1. The van der Waals surface area contributed by atoms with Crippen molar-refractivity contribution in [3.63, 3.8) is 0 Å². The van der Waals surface area contributed by atoms with Gasteiger partial charge in [0.25, 0.3) is 11.5 Å². The number of aromatic nitrogens is 2. The number of rotatable bonds is 4. The van der Waals surface area contributed by atoms with Gasteiger partial charge in [0.2, 0.25) is 0 Å². The lowest BCUT2D eigenvalue weighted by atomic mass is 9.97. The topological polar surface area (TPSA) is 63.5 Å². The Bertz CT molecular complexity index is 821. The third-order valence-electron chi connectivity index (χ3n) is 4.21. The van der Waals surface area contributed by atoms with Crippen molar-refractivity contribution in [2.45, 2.75) is 39.0 Å². The Morgan fingerprint density at radius 1 is 1.35 bits per heavy atom. The minimum atomic E-state index is -0.352. The summed E-state index contributed by atoms with van der Waals surface area (Å²) < 4.78 is 1.42. The Kier molecular flexibility index (Phi) is 4.55. The van der Waals surface area contributed by atoms with Crippen molar-refractivity contribution in [2.75, 3.05) is 6.54 Å². The summed E-state index contributed by atoms with van der Waals surface area (Å²) >= 11 is 0. The lowest BCUT2D eigenvalue weighted by Crippen LogP contribution is -2.32. The summed E-state index contributed by atoms with van der Waals surface area (Å²) in [6.45, 7) is 2.46. The molecule has 0 saturated carbocycles. The van der Waals surface area contributed by atoms with E-state index >= 15 is 0 Å². The monoisotopic (exact) mass is 311 g/mol. The first-order chi connectivity index (χ1) is 11.1. The van der Waals surface area contributed by atoms with Gasteiger partial charge in [-0.25, -0.2) is 4.98 Å². The molecule has 0 aromatic carbocycles. The first kappa shape index (κ1) is 15.5. The van der Waals surface area contributed by atoms with Crippen molar-refractivity contribution < 1.29 is 4.79 Å². The van der Waals surface area contributed by atoms with Gasteiger partial charge < -0.3 is 5.32 Å². The van der Waals surface area contributed by atoms with Gasteiger partial charge in [-0.3, -0.25) is 14.0 Å². The second-order valence-corrected chi connectivity index (χ2v) is 6.03. The molecule has 0 spiro atoms. The molecule has 5 nitrogen and oxygen atoms in total. The number of nitrogens with zero attached hydrogens (tertiary/aromatic N) is 2. The first-order valence-corrected chi connectivity index (χ1v) is 8.09. The molecule has 120 valence electrons. The van der Waals surface area contributed by atoms with Gasteiger partial charge in [-0.2, -0.15) is 0 Å². The highest BCUT2D eigenvalue weighted by Crippen LogP contribution is 2.19. The highest BCUT2D eigenvalue weighted by atomic mass is 16.2. The maximum absolute atomic E-state index is 12.4. The molecule has 3 rings (SSSR count). The van der Waals surface area contributed by atoms with Crippen LogP contribution in [-0.2, 0) is 0 Å². The van der Waals surface area contributed by atoms with Crippen LogP contribution >= 0.6 is 0 Å². The average molecular weight is 311 g/mol. The molecule has 23 heavy (non-hydrogen) atoms. The second kappa shape index (κ2) is 6.77. The highest BCUT2D eigenvalue weighted by molar-refractivity contribution is 5.93. The van der Waals surface area contributed by atoms with E-state index in [0.29, 0.717) is 12.2 Å². The zero-order valence-electron chi connectivity index (χ0n) is 13.3. The summed E-state index contributed by atoms with van der Waals surface area (Å²) in [6, 6.07) is 3.66. The Balaban J connectivity index is 1.72. The molecule has 2 heterocycles. The van der Waals surface area contributed by atoms with E-state index in [0.717, 1.165) is 24.8 Å². The van der Waals surface area contributed by atoms with Gasteiger partial charge in [0.1, 0.15) is 11.2 Å². The fourth-order valence-electron chi connectivity index (χ4n) is 2.90. The van der Waals surface area contributed by atoms with E-state index in [9.17, 15) is 9.59 Å². The largest absolute Gasteiger partial charge is 0.351 e. The number of allylic oxidation sites excluding steroid dienone is 1. The Morgan fingerprint density at radius 2 is 2.22 bits per heavy atom. The predicted molar refractivity (Wildman–Crippen MR) is 89.7 cm³/mol. The molecule has 1 aliphatic carbocycles. The van der Waals surface area contributed by atoms with Crippen LogP contribution in [0.2, 0.25) is 0 Å². The molecular weight excluding hydrogens is 290 g/mol. The van der Waals surface area contributed by atoms with Crippen molar-refractivity contribution in [2.24, 2.45) is 0 Å². The summed E-state index contributed by atoms with van der Waals surface area (Å²) in [6.07, 6.45) is 10.9. The zero-order chi connectivity index (χ0) is 16.2. The Morgan fingerprint density at radius 3 is 3.00 bits per heavy atom. The van der Waals surface area contributed by atoms with Crippen LogP contribution in [0.1, 0.15) is 48.0 Å². The maximum atomic E-state index is 12.4. The predicted octanol–water partition coefficient (Wildman–Crippen LogP) is 2.62. The fourth-order valence-corrected chi connectivity index (χ4v) is 2.90. The summed E-state index contributed by atoms with van der Waals surface area (Å²) in [7, 11) is 0. The molecule has 2 aromatic rings. The zero-order valence-corrected chi connectivity index (χ0v) is 13.3. The molecule has 1 N–H and O–H groups in total. The maximum Gasteiger partial charge on any atom is 0.270 e. The number of hydrogen-bond donors (Lipinski definition) is 1.